The van der Waals surface area contributed by atoms with Crippen molar-refractivity contribution in [3.8, 4) is 0 Å². The number of benzene rings is 1. The van der Waals surface area contributed by atoms with E-state index in [1.54, 1.807) is 6.07 Å². The molecule has 1 atom stereocenters. The summed E-state index contributed by atoms with van der Waals surface area (Å²) in [5.74, 6) is 2.22. The van der Waals surface area contributed by atoms with Gasteiger partial charge in [0.1, 0.15) is 11.6 Å². The molecule has 1 heterocycles. The average Bonchev–Trinajstić information content (AvgIpc) is 2.75. The number of carbonyl (C=O) groups excluding carboxylic acids is 1. The molecule has 0 aliphatic carbocycles. The smallest absolute Gasteiger partial charge is 0.141 e. The molecule has 1 nitrogen and oxygen atoms in total. The van der Waals surface area contributed by atoms with Gasteiger partial charge in [-0.2, -0.15) is 11.8 Å². The Labute approximate surface area is 107 Å². The van der Waals surface area contributed by atoms with Crippen LogP contribution < -0.4 is 0 Å². The van der Waals surface area contributed by atoms with E-state index in [2.05, 4.69) is 15.9 Å². The summed E-state index contributed by atoms with van der Waals surface area (Å²) in [4.78, 5) is 11.9. The molecule has 1 aliphatic rings. The summed E-state index contributed by atoms with van der Waals surface area (Å²) in [5, 5.41) is 0. The van der Waals surface area contributed by atoms with Crippen LogP contribution in [0.1, 0.15) is 12.0 Å². The first-order chi connectivity index (χ1) is 7.66. The third kappa shape index (κ3) is 2.86. The Morgan fingerprint density at radius 3 is 3.00 bits per heavy atom. The summed E-state index contributed by atoms with van der Waals surface area (Å²) >= 11 is 5.12. The maximum atomic E-state index is 12.9. The molecular weight excluding hydrogens is 291 g/mol. The van der Waals surface area contributed by atoms with Crippen molar-refractivity contribution in [2.45, 2.75) is 12.8 Å². The molecule has 1 fully saturated rings. The highest BCUT2D eigenvalue weighted by atomic mass is 79.9. The van der Waals surface area contributed by atoms with Crippen molar-refractivity contribution < 1.29 is 9.18 Å². The van der Waals surface area contributed by atoms with Gasteiger partial charge in [-0.1, -0.05) is 22.0 Å². The van der Waals surface area contributed by atoms with Crippen molar-refractivity contribution in [1.29, 1.82) is 0 Å². The second-order valence-corrected chi connectivity index (χ2v) is 5.94. The SMILES string of the molecule is O=C(Cc1ccc(F)cc1Br)C1CCSC1. The molecule has 0 radical (unpaired) electrons. The Balaban J connectivity index is 2.05. The second-order valence-electron chi connectivity index (χ2n) is 3.94. The molecule has 1 saturated heterocycles. The minimum atomic E-state index is -0.278. The van der Waals surface area contributed by atoms with Crippen LogP contribution in [0.5, 0.6) is 0 Å². The molecule has 2 rings (SSSR count). The third-order valence-corrected chi connectivity index (χ3v) is 4.67. The lowest BCUT2D eigenvalue weighted by Gasteiger charge is -2.08. The van der Waals surface area contributed by atoms with Crippen molar-refractivity contribution in [3.63, 3.8) is 0 Å². The van der Waals surface area contributed by atoms with E-state index >= 15 is 0 Å². The van der Waals surface area contributed by atoms with Crippen LogP contribution >= 0.6 is 27.7 Å². The number of halogens is 2. The minimum Gasteiger partial charge on any atom is -0.299 e. The third-order valence-electron chi connectivity index (χ3n) is 2.76. The Kier molecular flexibility index (Phi) is 4.03. The lowest BCUT2D eigenvalue weighted by atomic mass is 9.97. The summed E-state index contributed by atoms with van der Waals surface area (Å²) in [6, 6.07) is 4.49. The number of thioether (sulfide) groups is 1. The van der Waals surface area contributed by atoms with Gasteiger partial charge in [0.15, 0.2) is 0 Å². The molecule has 0 bridgehead atoms. The fourth-order valence-electron chi connectivity index (χ4n) is 1.79. The largest absolute Gasteiger partial charge is 0.299 e. The molecule has 0 spiro atoms. The highest BCUT2D eigenvalue weighted by molar-refractivity contribution is 9.10. The average molecular weight is 303 g/mol. The maximum absolute atomic E-state index is 12.9. The highest BCUT2D eigenvalue weighted by Gasteiger charge is 2.23. The number of carbonyl (C=O) groups is 1. The van der Waals surface area contributed by atoms with Crippen LogP contribution in [-0.4, -0.2) is 17.3 Å². The molecule has 0 N–H and O–H groups in total. The predicted molar refractivity (Wildman–Crippen MR) is 68.2 cm³/mol. The minimum absolute atomic E-state index is 0.196. The van der Waals surface area contributed by atoms with Gasteiger partial charge in [-0.15, -0.1) is 0 Å². The van der Waals surface area contributed by atoms with Crippen LogP contribution in [0.2, 0.25) is 0 Å². The van der Waals surface area contributed by atoms with Crippen LogP contribution in [-0.2, 0) is 11.2 Å². The number of rotatable bonds is 3. The summed E-state index contributed by atoms with van der Waals surface area (Å²) in [6.07, 6.45) is 1.40. The zero-order valence-corrected chi connectivity index (χ0v) is 11.1. The van der Waals surface area contributed by atoms with Gasteiger partial charge >= 0.3 is 0 Å². The summed E-state index contributed by atoms with van der Waals surface area (Å²) in [5.41, 5.74) is 0.878. The van der Waals surface area contributed by atoms with Gasteiger partial charge in [0.05, 0.1) is 0 Å². The van der Waals surface area contributed by atoms with Crippen LogP contribution in [0.3, 0.4) is 0 Å². The topological polar surface area (TPSA) is 17.1 Å². The van der Waals surface area contributed by atoms with E-state index in [0.717, 1.165) is 23.5 Å². The molecule has 1 aromatic rings. The molecule has 86 valence electrons. The van der Waals surface area contributed by atoms with Gasteiger partial charge in [-0.25, -0.2) is 4.39 Å². The fourth-order valence-corrected chi connectivity index (χ4v) is 3.53. The molecule has 1 unspecified atom stereocenters. The fraction of sp³-hybridized carbons (Fsp3) is 0.417. The van der Waals surface area contributed by atoms with E-state index < -0.39 is 0 Å². The number of hydrogen-bond acceptors (Lipinski definition) is 2. The van der Waals surface area contributed by atoms with Crippen molar-refractivity contribution in [2.24, 2.45) is 5.92 Å². The van der Waals surface area contributed by atoms with Gasteiger partial charge in [0.2, 0.25) is 0 Å². The van der Waals surface area contributed by atoms with Gasteiger partial charge in [-0.3, -0.25) is 4.79 Å². The Morgan fingerprint density at radius 2 is 2.38 bits per heavy atom. The number of hydrogen-bond donors (Lipinski definition) is 0. The molecule has 4 heteroatoms. The van der Waals surface area contributed by atoms with E-state index in [1.807, 2.05) is 11.8 Å². The summed E-state index contributed by atoms with van der Waals surface area (Å²) in [6.45, 7) is 0. The van der Waals surface area contributed by atoms with Gasteiger partial charge < -0.3 is 0 Å². The van der Waals surface area contributed by atoms with Gasteiger partial charge in [0, 0.05) is 22.6 Å². The van der Waals surface area contributed by atoms with Crippen molar-refractivity contribution in [1.82, 2.24) is 0 Å². The van der Waals surface area contributed by atoms with Crippen molar-refractivity contribution in [2.75, 3.05) is 11.5 Å². The summed E-state index contributed by atoms with van der Waals surface area (Å²) < 4.78 is 13.6. The predicted octanol–water partition coefficient (Wildman–Crippen LogP) is 3.45. The highest BCUT2D eigenvalue weighted by Crippen LogP contribution is 2.26. The first-order valence-electron chi connectivity index (χ1n) is 5.21. The van der Waals surface area contributed by atoms with E-state index in [0.29, 0.717) is 10.9 Å². The van der Waals surface area contributed by atoms with Crippen LogP contribution in [0.25, 0.3) is 0 Å². The van der Waals surface area contributed by atoms with E-state index in [4.69, 9.17) is 0 Å². The molecule has 1 aliphatic heterocycles. The van der Waals surface area contributed by atoms with Gasteiger partial charge in [0.25, 0.3) is 0 Å². The molecular formula is C12H12BrFOS. The van der Waals surface area contributed by atoms with Crippen LogP contribution in [0.4, 0.5) is 4.39 Å². The van der Waals surface area contributed by atoms with Crippen LogP contribution in [0, 0.1) is 11.7 Å². The quantitative estimate of drug-likeness (QED) is 0.851. The zero-order chi connectivity index (χ0) is 11.5. The van der Waals surface area contributed by atoms with Gasteiger partial charge in [-0.05, 0) is 29.9 Å². The normalized spacial score (nSPS) is 20.0. The standard InChI is InChI=1S/C12H12BrFOS/c13-11-6-10(14)2-1-8(11)5-12(15)9-3-4-16-7-9/h1-2,6,9H,3-5,7H2. The first-order valence-corrected chi connectivity index (χ1v) is 7.16. The molecule has 0 amide bonds. The maximum Gasteiger partial charge on any atom is 0.141 e. The van der Waals surface area contributed by atoms with Crippen LogP contribution in [0.15, 0.2) is 22.7 Å². The molecule has 0 aromatic heterocycles. The molecule has 1 aromatic carbocycles. The Bertz CT molecular complexity index is 402. The summed E-state index contributed by atoms with van der Waals surface area (Å²) in [7, 11) is 0. The first kappa shape index (κ1) is 12.1. The molecule has 0 saturated carbocycles. The monoisotopic (exact) mass is 302 g/mol. The Hall–Kier alpha value is -0.350. The van der Waals surface area contributed by atoms with E-state index in [-0.39, 0.29) is 17.5 Å². The number of Topliss-reactive ketones (excluding diaryl/α,β-unsaturated/α-hetero) is 1. The number of ketones is 1. The van der Waals surface area contributed by atoms with Crippen molar-refractivity contribution in [3.05, 3.63) is 34.1 Å². The van der Waals surface area contributed by atoms with Crippen molar-refractivity contribution >= 4 is 33.5 Å². The van der Waals surface area contributed by atoms with E-state index in [9.17, 15) is 9.18 Å². The Morgan fingerprint density at radius 1 is 1.56 bits per heavy atom. The zero-order valence-electron chi connectivity index (χ0n) is 8.71. The second kappa shape index (κ2) is 5.32. The molecule has 16 heavy (non-hydrogen) atoms. The van der Waals surface area contributed by atoms with E-state index in [1.165, 1.54) is 12.1 Å². The lowest BCUT2D eigenvalue weighted by Crippen LogP contribution is -2.16. The lowest BCUT2D eigenvalue weighted by molar-refractivity contribution is -0.121.